The summed E-state index contributed by atoms with van der Waals surface area (Å²) in [7, 11) is 0. The highest BCUT2D eigenvalue weighted by Gasteiger charge is 2.15. The molecule has 1 unspecified atom stereocenters. The van der Waals surface area contributed by atoms with Crippen LogP contribution in [0.25, 0.3) is 10.9 Å². The number of hydrogen-bond donors (Lipinski definition) is 3. The highest BCUT2D eigenvalue weighted by molar-refractivity contribution is 9.10. The van der Waals surface area contributed by atoms with Gasteiger partial charge in [0.05, 0.1) is 6.04 Å². The van der Waals surface area contributed by atoms with E-state index in [9.17, 15) is 0 Å². The van der Waals surface area contributed by atoms with E-state index < -0.39 is 0 Å². The molecule has 0 bridgehead atoms. The highest BCUT2D eigenvalue weighted by atomic mass is 79.9. The van der Waals surface area contributed by atoms with Crippen LogP contribution in [0.2, 0.25) is 0 Å². The molecule has 4 heteroatoms. The van der Waals surface area contributed by atoms with E-state index in [2.05, 4.69) is 50.6 Å². The number of halogens is 1. The second kappa shape index (κ2) is 5.79. The van der Waals surface area contributed by atoms with Crippen LogP contribution in [0.5, 0.6) is 0 Å². The fraction of sp³-hybridized carbons (Fsp3) is 0.125. The van der Waals surface area contributed by atoms with Crippen LogP contribution >= 0.6 is 15.9 Å². The number of aromatic amines is 1. The molecule has 2 aromatic carbocycles. The van der Waals surface area contributed by atoms with E-state index in [4.69, 9.17) is 5.84 Å². The summed E-state index contributed by atoms with van der Waals surface area (Å²) in [6, 6.07) is 16.6. The lowest BCUT2D eigenvalue weighted by Crippen LogP contribution is -2.29. The van der Waals surface area contributed by atoms with E-state index >= 15 is 0 Å². The summed E-state index contributed by atoms with van der Waals surface area (Å²) < 4.78 is 1.11. The number of H-pyrrole nitrogens is 1. The van der Waals surface area contributed by atoms with Gasteiger partial charge in [0.1, 0.15) is 0 Å². The molecule has 102 valence electrons. The molecule has 1 heterocycles. The van der Waals surface area contributed by atoms with Gasteiger partial charge in [-0.15, -0.1) is 0 Å². The lowest BCUT2D eigenvalue weighted by atomic mass is 9.99. The van der Waals surface area contributed by atoms with Crippen LogP contribution in [-0.2, 0) is 6.42 Å². The van der Waals surface area contributed by atoms with E-state index in [1.807, 2.05) is 30.5 Å². The molecule has 0 fully saturated rings. The first-order chi connectivity index (χ1) is 9.79. The van der Waals surface area contributed by atoms with Crippen molar-refractivity contribution in [3.63, 3.8) is 0 Å². The fourth-order valence-electron chi connectivity index (χ4n) is 2.52. The minimum Gasteiger partial charge on any atom is -0.361 e. The molecule has 3 nitrogen and oxygen atoms in total. The molecule has 1 aromatic heterocycles. The van der Waals surface area contributed by atoms with Crippen molar-refractivity contribution >= 4 is 26.8 Å². The summed E-state index contributed by atoms with van der Waals surface area (Å²) in [5, 5.41) is 1.21. The summed E-state index contributed by atoms with van der Waals surface area (Å²) in [6.07, 6.45) is 2.87. The predicted molar refractivity (Wildman–Crippen MR) is 86.2 cm³/mol. The average Bonchev–Trinajstić information content (AvgIpc) is 2.90. The van der Waals surface area contributed by atoms with Crippen LogP contribution < -0.4 is 11.3 Å². The molecule has 4 N–H and O–H groups in total. The van der Waals surface area contributed by atoms with Crippen molar-refractivity contribution in [1.29, 1.82) is 0 Å². The second-order valence-corrected chi connectivity index (χ2v) is 5.66. The minimum absolute atomic E-state index is 0.0739. The zero-order valence-electron chi connectivity index (χ0n) is 10.9. The number of nitrogens with two attached hydrogens (primary N) is 1. The molecule has 0 aliphatic rings. The van der Waals surface area contributed by atoms with Gasteiger partial charge < -0.3 is 4.98 Å². The molecule has 0 saturated heterocycles. The zero-order valence-corrected chi connectivity index (χ0v) is 12.5. The van der Waals surface area contributed by atoms with Crippen molar-refractivity contribution in [2.75, 3.05) is 0 Å². The molecule has 20 heavy (non-hydrogen) atoms. The summed E-state index contributed by atoms with van der Waals surface area (Å²) >= 11 is 3.59. The molecular weight excluding hydrogens is 314 g/mol. The molecule has 0 spiro atoms. The van der Waals surface area contributed by atoms with Crippen LogP contribution in [0.1, 0.15) is 17.2 Å². The molecule has 3 aromatic rings. The normalized spacial score (nSPS) is 12.7. The summed E-state index contributed by atoms with van der Waals surface area (Å²) in [5.41, 5.74) is 6.50. The van der Waals surface area contributed by atoms with E-state index in [0.29, 0.717) is 0 Å². The Hall–Kier alpha value is -1.62. The number of hydrazine groups is 1. The Labute approximate surface area is 126 Å². The number of nitrogens with one attached hydrogen (secondary N) is 2. The maximum Gasteiger partial charge on any atom is 0.0521 e. The van der Waals surface area contributed by atoms with E-state index in [1.54, 1.807) is 0 Å². The lowest BCUT2D eigenvalue weighted by molar-refractivity contribution is 0.554. The van der Waals surface area contributed by atoms with Gasteiger partial charge in [-0.25, -0.2) is 0 Å². The Morgan fingerprint density at radius 1 is 1.10 bits per heavy atom. The first-order valence-corrected chi connectivity index (χ1v) is 7.34. The van der Waals surface area contributed by atoms with Crippen molar-refractivity contribution in [2.24, 2.45) is 5.84 Å². The first kappa shape index (κ1) is 13.4. The third-order valence-corrected chi connectivity index (χ3v) is 4.35. The smallest absolute Gasteiger partial charge is 0.0521 e. The largest absolute Gasteiger partial charge is 0.361 e. The molecule has 0 aliphatic carbocycles. The number of rotatable bonds is 4. The molecule has 1 atom stereocenters. The minimum atomic E-state index is 0.0739. The maximum absolute atomic E-state index is 5.77. The highest BCUT2D eigenvalue weighted by Crippen LogP contribution is 2.28. The molecule has 0 aliphatic heterocycles. The zero-order chi connectivity index (χ0) is 13.9. The van der Waals surface area contributed by atoms with Crippen molar-refractivity contribution in [3.8, 4) is 0 Å². The first-order valence-electron chi connectivity index (χ1n) is 6.55. The average molecular weight is 330 g/mol. The molecule has 3 rings (SSSR count). The number of fused-ring (bicyclic) bond motifs is 1. The SMILES string of the molecule is NNC(Cc1ccccc1Br)c1c[nH]c2ccccc12. The van der Waals surface area contributed by atoms with Crippen LogP contribution in [0, 0.1) is 0 Å². The summed E-state index contributed by atoms with van der Waals surface area (Å²) in [4.78, 5) is 3.30. The topological polar surface area (TPSA) is 53.8 Å². The number of benzene rings is 2. The van der Waals surface area contributed by atoms with Crippen molar-refractivity contribution in [3.05, 3.63) is 70.3 Å². The van der Waals surface area contributed by atoms with Gasteiger partial charge in [-0.2, -0.15) is 0 Å². The van der Waals surface area contributed by atoms with Crippen LogP contribution in [0.15, 0.2) is 59.2 Å². The Kier molecular flexibility index (Phi) is 3.87. The van der Waals surface area contributed by atoms with Gasteiger partial charge in [0.15, 0.2) is 0 Å². The second-order valence-electron chi connectivity index (χ2n) is 4.80. The standard InChI is InChI=1S/C16H16BrN3/c17-14-7-3-1-5-11(14)9-16(20-18)13-10-19-15-8-4-2-6-12(13)15/h1-8,10,16,19-20H,9,18H2. The van der Waals surface area contributed by atoms with Gasteiger partial charge in [-0.1, -0.05) is 52.3 Å². The quantitative estimate of drug-likeness (QED) is 0.505. The Morgan fingerprint density at radius 3 is 2.65 bits per heavy atom. The predicted octanol–water partition coefficient (Wildman–Crippen LogP) is 3.68. The van der Waals surface area contributed by atoms with Gasteiger partial charge in [0.25, 0.3) is 0 Å². The van der Waals surface area contributed by atoms with Gasteiger partial charge in [-0.3, -0.25) is 11.3 Å². The Balaban J connectivity index is 1.96. The van der Waals surface area contributed by atoms with Gasteiger partial charge in [0.2, 0.25) is 0 Å². The molecular formula is C16H16BrN3. The van der Waals surface area contributed by atoms with Crippen molar-refractivity contribution in [2.45, 2.75) is 12.5 Å². The number of para-hydroxylation sites is 1. The van der Waals surface area contributed by atoms with Gasteiger partial charge >= 0.3 is 0 Å². The van der Waals surface area contributed by atoms with Gasteiger partial charge in [-0.05, 0) is 29.7 Å². The van der Waals surface area contributed by atoms with Crippen LogP contribution in [0.4, 0.5) is 0 Å². The van der Waals surface area contributed by atoms with Gasteiger partial charge in [0, 0.05) is 21.6 Å². The number of aromatic nitrogens is 1. The molecule has 0 amide bonds. The van der Waals surface area contributed by atoms with Crippen molar-refractivity contribution < 1.29 is 0 Å². The van der Waals surface area contributed by atoms with E-state index in [-0.39, 0.29) is 6.04 Å². The molecule has 0 saturated carbocycles. The van der Waals surface area contributed by atoms with Crippen LogP contribution in [0.3, 0.4) is 0 Å². The lowest BCUT2D eigenvalue weighted by Gasteiger charge is -2.16. The number of hydrogen-bond acceptors (Lipinski definition) is 2. The van der Waals surface area contributed by atoms with Crippen molar-refractivity contribution in [1.82, 2.24) is 10.4 Å². The Bertz CT molecular complexity index is 720. The van der Waals surface area contributed by atoms with E-state index in [1.165, 1.54) is 16.5 Å². The third-order valence-electron chi connectivity index (χ3n) is 3.58. The monoisotopic (exact) mass is 329 g/mol. The fourth-order valence-corrected chi connectivity index (χ4v) is 2.97. The third kappa shape index (κ3) is 2.50. The summed E-state index contributed by atoms with van der Waals surface area (Å²) in [6.45, 7) is 0. The Morgan fingerprint density at radius 2 is 1.85 bits per heavy atom. The molecule has 0 radical (unpaired) electrons. The van der Waals surface area contributed by atoms with E-state index in [0.717, 1.165) is 16.4 Å². The maximum atomic E-state index is 5.77. The summed E-state index contributed by atoms with van der Waals surface area (Å²) in [5.74, 6) is 5.77. The van der Waals surface area contributed by atoms with Crippen LogP contribution in [-0.4, -0.2) is 4.98 Å².